The van der Waals surface area contributed by atoms with E-state index in [1.807, 2.05) is 63.3 Å². The van der Waals surface area contributed by atoms with Crippen LogP contribution in [0.5, 0.6) is 0 Å². The van der Waals surface area contributed by atoms with E-state index in [1.54, 1.807) is 11.0 Å². The Morgan fingerprint density at radius 1 is 1.10 bits per heavy atom. The lowest BCUT2D eigenvalue weighted by Gasteiger charge is -2.41. The molecule has 1 aromatic carbocycles. The van der Waals surface area contributed by atoms with E-state index < -0.39 is 53.1 Å². The van der Waals surface area contributed by atoms with Crippen molar-refractivity contribution in [1.29, 1.82) is 0 Å². The van der Waals surface area contributed by atoms with Crippen molar-refractivity contribution < 1.29 is 33.8 Å². The number of carbonyl (C=O) groups excluding carboxylic acids is 4. The summed E-state index contributed by atoms with van der Waals surface area (Å²) in [5.74, 6) is -3.67. The van der Waals surface area contributed by atoms with Crippen LogP contribution < -0.4 is 5.32 Å². The first-order valence-corrected chi connectivity index (χ1v) is 14.7. The third-order valence-electron chi connectivity index (χ3n) is 8.26. The number of esters is 1. The minimum absolute atomic E-state index is 0.0624. The molecule has 5 rings (SSSR count). The van der Waals surface area contributed by atoms with Gasteiger partial charge in [-0.1, -0.05) is 58.4 Å². The largest absolute Gasteiger partial charge is 0.455 e. The van der Waals surface area contributed by atoms with Crippen LogP contribution in [0.2, 0.25) is 0 Å². The summed E-state index contributed by atoms with van der Waals surface area (Å²) in [7, 11) is 0. The van der Waals surface area contributed by atoms with Gasteiger partial charge in [0.15, 0.2) is 0 Å². The van der Waals surface area contributed by atoms with Crippen LogP contribution in [-0.2, 0) is 28.7 Å². The molecule has 1 aromatic rings. The summed E-state index contributed by atoms with van der Waals surface area (Å²) in [6, 6.07) is 8.01. The van der Waals surface area contributed by atoms with Crippen LogP contribution in [0.4, 0.5) is 0 Å². The topological polar surface area (TPSA) is 125 Å². The van der Waals surface area contributed by atoms with Crippen LogP contribution >= 0.6 is 15.9 Å². The van der Waals surface area contributed by atoms with E-state index >= 15 is 0 Å². The highest BCUT2D eigenvalue weighted by atomic mass is 79.9. The van der Waals surface area contributed by atoms with E-state index in [0.29, 0.717) is 16.5 Å². The Labute approximate surface area is 247 Å². The summed E-state index contributed by atoms with van der Waals surface area (Å²) >= 11 is 3.53. The Kier molecular flexibility index (Phi) is 8.15. The molecule has 5 bridgehead atoms. The number of nitrogens with zero attached hydrogens (tertiary/aromatic N) is 2. The molecule has 4 aliphatic rings. The third kappa shape index (κ3) is 5.23. The standard InChI is InChI=1S/C30H36BrN3O7/c1-29(2,3)34-13-9-5-8-12-21(36)32-17-20(18-10-6-4-7-11-18)40-28(39)22-23-26(37)33(14-15-35)25(27(34)38)30(23)16-19(31)24(22)41-30/h4-7,9-11,16,20,22-25,35H,8,12-15,17H2,1-3H3,(H,32,36)/b9-5-/t20-,22-,23+,24-,25-,30+/m1/s1. The normalized spacial score (nSPS) is 33.4. The Morgan fingerprint density at radius 3 is 2.51 bits per heavy atom. The molecule has 1 spiro atoms. The average molecular weight is 631 g/mol. The summed E-state index contributed by atoms with van der Waals surface area (Å²) in [6.45, 7) is 5.58. The summed E-state index contributed by atoms with van der Waals surface area (Å²) < 4.78 is 13.0. The smallest absolute Gasteiger partial charge is 0.313 e. The highest BCUT2D eigenvalue weighted by Crippen LogP contribution is 2.59. The van der Waals surface area contributed by atoms with Crippen LogP contribution in [-0.4, -0.2) is 88.1 Å². The van der Waals surface area contributed by atoms with Crippen molar-refractivity contribution in [2.45, 2.75) is 63.0 Å². The quantitative estimate of drug-likeness (QED) is 0.388. The van der Waals surface area contributed by atoms with Gasteiger partial charge in [-0.2, -0.15) is 0 Å². The van der Waals surface area contributed by atoms with Gasteiger partial charge in [-0.3, -0.25) is 19.2 Å². The highest BCUT2D eigenvalue weighted by Gasteiger charge is 2.75. The van der Waals surface area contributed by atoms with E-state index in [9.17, 15) is 24.3 Å². The van der Waals surface area contributed by atoms with Gasteiger partial charge in [-0.05, 0) is 38.8 Å². The van der Waals surface area contributed by atoms with Gasteiger partial charge in [0.1, 0.15) is 29.8 Å². The van der Waals surface area contributed by atoms with Crippen molar-refractivity contribution in [2.24, 2.45) is 11.8 Å². The van der Waals surface area contributed by atoms with Crippen LogP contribution in [0, 0.1) is 11.8 Å². The second kappa shape index (κ2) is 11.3. The van der Waals surface area contributed by atoms with E-state index in [-0.39, 0.29) is 44.5 Å². The minimum Gasteiger partial charge on any atom is -0.455 e. The molecule has 220 valence electrons. The molecule has 2 fully saturated rings. The Hall–Kier alpha value is -3.02. The van der Waals surface area contributed by atoms with Crippen LogP contribution in [0.25, 0.3) is 0 Å². The number of aliphatic hydroxyl groups excluding tert-OH is 1. The molecule has 0 unspecified atom stereocenters. The number of aliphatic hydroxyl groups is 1. The maximum atomic E-state index is 14.4. The van der Waals surface area contributed by atoms with Crippen molar-refractivity contribution in [3.05, 3.63) is 58.6 Å². The molecule has 0 radical (unpaired) electrons. The Balaban J connectivity index is 1.60. The van der Waals surface area contributed by atoms with Crippen molar-refractivity contribution in [3.63, 3.8) is 0 Å². The number of fused-ring (bicyclic) bond motifs is 2. The van der Waals surface area contributed by atoms with E-state index in [4.69, 9.17) is 9.47 Å². The van der Waals surface area contributed by atoms with Crippen molar-refractivity contribution >= 4 is 39.6 Å². The van der Waals surface area contributed by atoms with Gasteiger partial charge < -0.3 is 29.7 Å². The number of benzene rings is 1. The number of hydrogen-bond acceptors (Lipinski definition) is 7. The average Bonchev–Trinajstić information content (AvgIpc) is 3.51. The van der Waals surface area contributed by atoms with Crippen LogP contribution in [0.1, 0.15) is 45.3 Å². The zero-order chi connectivity index (χ0) is 29.5. The van der Waals surface area contributed by atoms with Crippen LogP contribution in [0.15, 0.2) is 53.0 Å². The summed E-state index contributed by atoms with van der Waals surface area (Å²) in [5, 5.41) is 12.8. The summed E-state index contributed by atoms with van der Waals surface area (Å²) in [6.07, 6.45) is 4.53. The zero-order valence-corrected chi connectivity index (χ0v) is 25.0. The molecule has 4 heterocycles. The fourth-order valence-corrected chi connectivity index (χ4v) is 7.11. The maximum absolute atomic E-state index is 14.4. The maximum Gasteiger partial charge on any atom is 0.313 e. The second-order valence-electron chi connectivity index (χ2n) is 11.9. The van der Waals surface area contributed by atoms with Gasteiger partial charge in [-0.25, -0.2) is 0 Å². The number of β-amino-alcohol motifs (C(OH)–C–C–N with tert-alkyl or cyclic N) is 1. The number of rotatable bonds is 3. The second-order valence-corrected chi connectivity index (χ2v) is 12.8. The number of amides is 3. The molecule has 2 N–H and O–H groups in total. The van der Waals surface area contributed by atoms with E-state index in [1.165, 1.54) is 4.90 Å². The van der Waals surface area contributed by atoms with Gasteiger partial charge in [0.2, 0.25) is 17.7 Å². The number of likely N-dealkylation sites (tertiary alicyclic amines) is 1. The number of hydrogen-bond donors (Lipinski definition) is 2. The lowest BCUT2D eigenvalue weighted by molar-refractivity contribution is -0.160. The SMILES string of the molecule is CC(C)(C)N1C/C=C\CCC(=O)NC[C@H](c2ccccc2)OC(=O)[C@H]2[C@@H]3O[C@@]4(C=C3Br)[C@@H]2C(=O)N(CCO)[C@@H]4C1=O. The van der Waals surface area contributed by atoms with E-state index in [2.05, 4.69) is 21.2 Å². The Morgan fingerprint density at radius 2 is 1.83 bits per heavy atom. The molecule has 3 amide bonds. The summed E-state index contributed by atoms with van der Waals surface area (Å²) in [4.78, 5) is 58.0. The Bertz CT molecular complexity index is 1280. The fraction of sp³-hybridized carbons (Fsp3) is 0.533. The molecule has 2 saturated heterocycles. The zero-order valence-electron chi connectivity index (χ0n) is 23.4. The van der Waals surface area contributed by atoms with Gasteiger partial charge in [0.25, 0.3) is 0 Å². The lowest BCUT2D eigenvalue weighted by Crippen LogP contribution is -2.59. The van der Waals surface area contributed by atoms with Crippen molar-refractivity contribution in [3.8, 4) is 0 Å². The molecule has 41 heavy (non-hydrogen) atoms. The van der Waals surface area contributed by atoms with Crippen molar-refractivity contribution in [2.75, 3.05) is 26.2 Å². The number of cyclic esters (lactones) is 1. The molecular weight excluding hydrogens is 594 g/mol. The molecule has 4 aliphatic heterocycles. The fourth-order valence-electron chi connectivity index (χ4n) is 6.38. The first-order valence-electron chi connectivity index (χ1n) is 14.0. The van der Waals surface area contributed by atoms with Crippen LogP contribution in [0.3, 0.4) is 0 Å². The molecule has 0 saturated carbocycles. The number of carbonyl (C=O) groups is 4. The van der Waals surface area contributed by atoms with Crippen molar-refractivity contribution in [1.82, 2.24) is 15.1 Å². The number of nitrogens with one attached hydrogen (secondary N) is 1. The first-order chi connectivity index (χ1) is 19.5. The number of ether oxygens (including phenoxy) is 2. The molecule has 11 heteroatoms. The van der Waals surface area contributed by atoms with Gasteiger partial charge in [0, 0.05) is 29.5 Å². The van der Waals surface area contributed by atoms with E-state index in [0.717, 1.165) is 0 Å². The first kappa shape index (κ1) is 29.5. The molecule has 10 nitrogen and oxygen atoms in total. The monoisotopic (exact) mass is 629 g/mol. The predicted molar refractivity (Wildman–Crippen MR) is 152 cm³/mol. The van der Waals surface area contributed by atoms with Gasteiger partial charge >= 0.3 is 5.97 Å². The highest BCUT2D eigenvalue weighted by molar-refractivity contribution is 9.11. The predicted octanol–water partition coefficient (Wildman–Crippen LogP) is 2.23. The van der Waals surface area contributed by atoms with Gasteiger partial charge in [0.05, 0.1) is 19.1 Å². The lowest BCUT2D eigenvalue weighted by atomic mass is 9.74. The molecule has 0 aliphatic carbocycles. The molecule has 0 aromatic heterocycles. The molecular formula is C30H36BrN3O7. The number of halogens is 1. The number of allylic oxidation sites excluding steroid dienone is 1. The third-order valence-corrected chi connectivity index (χ3v) is 8.94. The minimum atomic E-state index is -1.41. The molecule has 6 atom stereocenters. The van der Waals surface area contributed by atoms with Gasteiger partial charge in [-0.15, -0.1) is 0 Å². The summed E-state index contributed by atoms with van der Waals surface area (Å²) in [5.41, 5.74) is -1.34.